The lowest BCUT2D eigenvalue weighted by Gasteiger charge is -2.12. The molecule has 0 radical (unpaired) electrons. The van der Waals surface area contributed by atoms with Gasteiger partial charge in [0.25, 0.3) is 0 Å². The van der Waals surface area contributed by atoms with Gasteiger partial charge in [-0.2, -0.15) is 0 Å². The van der Waals surface area contributed by atoms with E-state index < -0.39 is 0 Å². The Labute approximate surface area is 117 Å². The molecule has 0 saturated carbocycles. The third-order valence-corrected chi connectivity index (χ3v) is 3.97. The van der Waals surface area contributed by atoms with Crippen molar-refractivity contribution in [2.45, 2.75) is 26.7 Å². The van der Waals surface area contributed by atoms with Gasteiger partial charge >= 0.3 is 0 Å². The maximum atomic E-state index is 5.45. The predicted octanol–water partition coefficient (Wildman–Crippen LogP) is 3.54. The van der Waals surface area contributed by atoms with E-state index in [-0.39, 0.29) is 0 Å². The third-order valence-electron chi connectivity index (χ3n) is 3.07. The Balaban J connectivity index is 2.57. The van der Waals surface area contributed by atoms with Gasteiger partial charge in [-0.1, -0.05) is 19.9 Å². The van der Waals surface area contributed by atoms with Crippen LogP contribution in [0.5, 0.6) is 5.75 Å². The standard InChI is InChI=1S/C14H19N3OS/c1-8(2)10-5-6-12(18-4)11(7-10)13-9(3)19-14(16-13)17-15/h5-8H,15H2,1-4H3,(H,16,17). The molecule has 1 heterocycles. The molecule has 0 aliphatic carbocycles. The number of nitrogens with one attached hydrogen (secondary N) is 1. The number of ether oxygens (including phenoxy) is 1. The number of anilines is 1. The molecule has 0 fully saturated rings. The molecule has 5 heteroatoms. The van der Waals surface area contributed by atoms with Crippen molar-refractivity contribution < 1.29 is 4.74 Å². The zero-order chi connectivity index (χ0) is 14.0. The third kappa shape index (κ3) is 2.72. The van der Waals surface area contributed by atoms with Crippen molar-refractivity contribution in [1.82, 2.24) is 4.98 Å². The summed E-state index contributed by atoms with van der Waals surface area (Å²) in [6, 6.07) is 6.24. The fraction of sp³-hybridized carbons (Fsp3) is 0.357. The number of nitrogen functional groups attached to an aromatic ring is 1. The first-order valence-electron chi connectivity index (χ1n) is 6.19. The highest BCUT2D eigenvalue weighted by Gasteiger charge is 2.15. The van der Waals surface area contributed by atoms with Crippen LogP contribution in [0.1, 0.15) is 30.2 Å². The van der Waals surface area contributed by atoms with E-state index in [2.05, 4.69) is 36.4 Å². The van der Waals surface area contributed by atoms with E-state index in [1.807, 2.05) is 13.0 Å². The second-order valence-corrected chi connectivity index (χ2v) is 5.89. The number of rotatable bonds is 4. The Kier molecular flexibility index (Phi) is 4.07. The van der Waals surface area contributed by atoms with E-state index >= 15 is 0 Å². The highest BCUT2D eigenvalue weighted by atomic mass is 32.1. The molecule has 1 aromatic carbocycles. The van der Waals surface area contributed by atoms with Gasteiger partial charge in [-0.3, -0.25) is 5.43 Å². The van der Waals surface area contributed by atoms with Crippen LogP contribution in [0, 0.1) is 6.92 Å². The minimum absolute atomic E-state index is 0.468. The maximum Gasteiger partial charge on any atom is 0.197 e. The van der Waals surface area contributed by atoms with E-state index in [1.165, 1.54) is 16.9 Å². The van der Waals surface area contributed by atoms with Crippen molar-refractivity contribution in [3.05, 3.63) is 28.6 Å². The molecule has 4 nitrogen and oxygen atoms in total. The summed E-state index contributed by atoms with van der Waals surface area (Å²) in [4.78, 5) is 5.63. The molecule has 2 rings (SSSR count). The van der Waals surface area contributed by atoms with Gasteiger partial charge in [0.05, 0.1) is 12.8 Å². The Morgan fingerprint density at radius 2 is 2.11 bits per heavy atom. The summed E-state index contributed by atoms with van der Waals surface area (Å²) >= 11 is 1.54. The number of nitrogens with zero attached hydrogens (tertiary/aromatic N) is 1. The van der Waals surface area contributed by atoms with Crippen LogP contribution in [0.2, 0.25) is 0 Å². The number of hydrogen-bond donors (Lipinski definition) is 2. The lowest BCUT2D eigenvalue weighted by molar-refractivity contribution is 0.416. The van der Waals surface area contributed by atoms with E-state index in [9.17, 15) is 0 Å². The first-order chi connectivity index (χ1) is 9.06. The van der Waals surface area contributed by atoms with Gasteiger partial charge in [-0.15, -0.1) is 11.3 Å². The Bertz CT molecular complexity index is 578. The number of methoxy groups -OCH3 is 1. The van der Waals surface area contributed by atoms with E-state index in [4.69, 9.17) is 10.6 Å². The summed E-state index contributed by atoms with van der Waals surface area (Å²) in [5.41, 5.74) is 5.81. The second kappa shape index (κ2) is 5.59. The number of nitrogens with two attached hydrogens (primary N) is 1. The highest BCUT2D eigenvalue weighted by Crippen LogP contribution is 2.37. The number of hydrazine groups is 1. The smallest absolute Gasteiger partial charge is 0.197 e. The molecule has 19 heavy (non-hydrogen) atoms. The van der Waals surface area contributed by atoms with Gasteiger partial charge in [0.15, 0.2) is 5.13 Å². The Morgan fingerprint density at radius 1 is 1.37 bits per heavy atom. The average molecular weight is 277 g/mol. The van der Waals surface area contributed by atoms with Gasteiger partial charge in [-0.25, -0.2) is 10.8 Å². The van der Waals surface area contributed by atoms with Crippen LogP contribution in [-0.2, 0) is 0 Å². The van der Waals surface area contributed by atoms with Crippen LogP contribution in [0.4, 0.5) is 5.13 Å². The molecular formula is C14H19N3OS. The SMILES string of the molecule is COc1ccc(C(C)C)cc1-c1nc(NN)sc1C. The van der Waals surface area contributed by atoms with E-state index in [0.717, 1.165) is 21.9 Å². The van der Waals surface area contributed by atoms with Crippen LogP contribution < -0.4 is 16.0 Å². The molecule has 102 valence electrons. The zero-order valence-corrected chi connectivity index (χ0v) is 12.5. The summed E-state index contributed by atoms with van der Waals surface area (Å²) in [7, 11) is 1.68. The number of aryl methyl sites for hydroxylation is 1. The lowest BCUT2D eigenvalue weighted by atomic mass is 9.98. The van der Waals surface area contributed by atoms with Crippen molar-refractivity contribution in [3.8, 4) is 17.0 Å². The summed E-state index contributed by atoms with van der Waals surface area (Å²) in [6.07, 6.45) is 0. The number of benzene rings is 1. The quantitative estimate of drug-likeness (QED) is 0.663. The van der Waals surface area contributed by atoms with Crippen molar-refractivity contribution in [2.24, 2.45) is 5.84 Å². The van der Waals surface area contributed by atoms with Gasteiger partial charge in [0, 0.05) is 10.4 Å². The Morgan fingerprint density at radius 3 is 2.63 bits per heavy atom. The topological polar surface area (TPSA) is 60.2 Å². The van der Waals surface area contributed by atoms with Gasteiger partial charge in [0.2, 0.25) is 0 Å². The summed E-state index contributed by atoms with van der Waals surface area (Å²) < 4.78 is 5.45. The van der Waals surface area contributed by atoms with Crippen molar-refractivity contribution >= 4 is 16.5 Å². The van der Waals surface area contributed by atoms with Gasteiger partial charge < -0.3 is 4.74 Å². The molecule has 0 amide bonds. The zero-order valence-electron chi connectivity index (χ0n) is 11.7. The molecule has 0 spiro atoms. The minimum atomic E-state index is 0.468. The number of aromatic nitrogens is 1. The van der Waals surface area contributed by atoms with Gasteiger partial charge in [0.1, 0.15) is 5.75 Å². The van der Waals surface area contributed by atoms with Crippen LogP contribution in [0.15, 0.2) is 18.2 Å². The average Bonchev–Trinajstić information content (AvgIpc) is 2.79. The largest absolute Gasteiger partial charge is 0.496 e. The predicted molar refractivity (Wildman–Crippen MR) is 80.7 cm³/mol. The molecule has 0 unspecified atom stereocenters. The van der Waals surface area contributed by atoms with Crippen LogP contribution in [-0.4, -0.2) is 12.1 Å². The number of thiazole rings is 1. The molecular weight excluding hydrogens is 258 g/mol. The molecule has 3 N–H and O–H groups in total. The number of hydrogen-bond acceptors (Lipinski definition) is 5. The summed E-state index contributed by atoms with van der Waals surface area (Å²) in [5.74, 6) is 6.73. The minimum Gasteiger partial charge on any atom is -0.496 e. The normalized spacial score (nSPS) is 10.8. The molecule has 0 bridgehead atoms. The molecule has 0 aliphatic rings. The molecule has 0 saturated heterocycles. The van der Waals surface area contributed by atoms with Gasteiger partial charge in [-0.05, 0) is 30.5 Å². The first kappa shape index (κ1) is 13.8. The first-order valence-corrected chi connectivity index (χ1v) is 7.00. The van der Waals surface area contributed by atoms with Crippen molar-refractivity contribution in [1.29, 1.82) is 0 Å². The van der Waals surface area contributed by atoms with Crippen LogP contribution in [0.25, 0.3) is 11.3 Å². The molecule has 0 atom stereocenters. The van der Waals surface area contributed by atoms with Crippen molar-refractivity contribution in [3.63, 3.8) is 0 Å². The fourth-order valence-electron chi connectivity index (χ4n) is 1.98. The van der Waals surface area contributed by atoms with E-state index in [1.54, 1.807) is 7.11 Å². The van der Waals surface area contributed by atoms with Crippen LogP contribution in [0.3, 0.4) is 0 Å². The van der Waals surface area contributed by atoms with E-state index in [0.29, 0.717) is 11.0 Å². The van der Waals surface area contributed by atoms with Crippen molar-refractivity contribution in [2.75, 3.05) is 12.5 Å². The maximum absolute atomic E-state index is 5.45. The molecule has 2 aromatic rings. The fourth-order valence-corrected chi connectivity index (χ4v) is 2.72. The second-order valence-electron chi connectivity index (χ2n) is 4.68. The lowest BCUT2D eigenvalue weighted by Crippen LogP contribution is -2.05. The Hall–Kier alpha value is -1.59. The molecule has 0 aliphatic heterocycles. The molecule has 1 aromatic heterocycles. The highest BCUT2D eigenvalue weighted by molar-refractivity contribution is 7.15. The monoisotopic (exact) mass is 277 g/mol. The summed E-state index contributed by atoms with van der Waals surface area (Å²) in [5, 5.41) is 0.713. The summed E-state index contributed by atoms with van der Waals surface area (Å²) in [6.45, 7) is 6.38. The van der Waals surface area contributed by atoms with Crippen LogP contribution >= 0.6 is 11.3 Å².